The van der Waals surface area contributed by atoms with Crippen LogP contribution in [0.15, 0.2) is 41.7 Å². The van der Waals surface area contributed by atoms with E-state index in [1.807, 2.05) is 30.7 Å². The number of halogens is 2. The molecule has 3 aromatic rings. The highest BCUT2D eigenvalue weighted by molar-refractivity contribution is 6.00. The second-order valence-electron chi connectivity index (χ2n) is 6.58. The minimum Gasteiger partial charge on any atom is -0.495 e. The summed E-state index contributed by atoms with van der Waals surface area (Å²) in [5.41, 5.74) is 3.82. The largest absolute Gasteiger partial charge is 0.495 e. The molecule has 0 bridgehead atoms. The number of hydrogen-bond acceptors (Lipinski definition) is 3. The number of rotatable bonds is 4. The van der Waals surface area contributed by atoms with E-state index < -0.39 is 5.92 Å². The summed E-state index contributed by atoms with van der Waals surface area (Å²) in [6.07, 6.45) is 1.74. The molecule has 0 aliphatic carbocycles. The molecule has 0 radical (unpaired) electrons. The van der Waals surface area contributed by atoms with Crippen LogP contribution in [0.4, 0.5) is 20.2 Å². The van der Waals surface area contributed by atoms with Crippen molar-refractivity contribution in [2.24, 2.45) is 12.0 Å². The lowest BCUT2D eigenvalue weighted by atomic mass is 10.1. The quantitative estimate of drug-likeness (QED) is 0.508. The normalized spacial score (nSPS) is 12.5. The van der Waals surface area contributed by atoms with Crippen LogP contribution in [0.25, 0.3) is 11.0 Å². The molecule has 0 aliphatic rings. The number of benzene rings is 2. The predicted molar refractivity (Wildman–Crippen MR) is 104 cm³/mol. The summed E-state index contributed by atoms with van der Waals surface area (Å²) in [6.45, 7) is 4.60. The van der Waals surface area contributed by atoms with Crippen LogP contribution in [-0.4, -0.2) is 22.5 Å². The maximum Gasteiger partial charge on any atom is 0.270 e. The van der Waals surface area contributed by atoms with Gasteiger partial charge in [-0.2, -0.15) is 0 Å². The van der Waals surface area contributed by atoms with Crippen molar-refractivity contribution in [3.05, 3.63) is 47.8 Å². The van der Waals surface area contributed by atoms with E-state index in [2.05, 4.69) is 15.3 Å². The lowest BCUT2D eigenvalue weighted by Crippen LogP contribution is -2.11. The molecule has 1 aromatic heterocycles. The minimum absolute atomic E-state index is 0.0957. The number of ether oxygens (including phenoxy) is 1. The molecule has 3 rings (SSSR count). The van der Waals surface area contributed by atoms with Crippen LogP contribution in [0, 0.1) is 6.92 Å². The number of alkyl halides is 2. The van der Waals surface area contributed by atoms with E-state index in [1.54, 1.807) is 13.3 Å². The molecule has 5 nitrogen and oxygen atoms in total. The molecule has 0 fully saturated rings. The van der Waals surface area contributed by atoms with Gasteiger partial charge in [-0.1, -0.05) is 6.07 Å². The number of imidazole rings is 1. The van der Waals surface area contributed by atoms with Crippen LogP contribution in [0.1, 0.15) is 25.0 Å². The molecule has 0 aliphatic heterocycles. The van der Waals surface area contributed by atoms with E-state index in [0.717, 1.165) is 29.2 Å². The van der Waals surface area contributed by atoms with Crippen molar-refractivity contribution in [3.8, 4) is 5.75 Å². The SMILES string of the molecule is COc1ccc(C(C)(F)F)cc1NC(C)=Nc1c(C)ccc2c1ncn2C. The van der Waals surface area contributed by atoms with Crippen LogP contribution in [0.2, 0.25) is 0 Å². The average Bonchev–Trinajstić information content (AvgIpc) is 2.98. The third kappa shape index (κ3) is 3.77. The van der Waals surface area contributed by atoms with E-state index >= 15 is 0 Å². The Morgan fingerprint density at radius 1 is 1.26 bits per heavy atom. The Kier molecular flexibility index (Phi) is 4.87. The summed E-state index contributed by atoms with van der Waals surface area (Å²) < 4.78 is 34.6. The topological polar surface area (TPSA) is 51.4 Å². The molecular formula is C20H22F2N4O. The number of anilines is 1. The standard InChI is InChI=1S/C20H22F2N4O/c1-12-6-8-16-19(23-11-26(16)4)18(12)25-13(2)24-15-10-14(20(3,21)22)7-9-17(15)27-5/h6-11H,1-5H3,(H,24,25). The first-order chi connectivity index (χ1) is 12.7. The van der Waals surface area contributed by atoms with E-state index in [4.69, 9.17) is 4.74 Å². The zero-order valence-corrected chi connectivity index (χ0v) is 16.0. The summed E-state index contributed by atoms with van der Waals surface area (Å²) in [7, 11) is 3.42. The van der Waals surface area contributed by atoms with Gasteiger partial charge in [-0.3, -0.25) is 0 Å². The molecule has 0 atom stereocenters. The van der Waals surface area contributed by atoms with Crippen molar-refractivity contribution in [2.75, 3.05) is 12.4 Å². The molecule has 1 heterocycles. The Morgan fingerprint density at radius 2 is 2.00 bits per heavy atom. The number of aryl methyl sites for hydroxylation is 2. The Morgan fingerprint density at radius 3 is 2.67 bits per heavy atom. The van der Waals surface area contributed by atoms with Crippen molar-refractivity contribution in [1.82, 2.24) is 9.55 Å². The lowest BCUT2D eigenvalue weighted by molar-refractivity contribution is 0.0175. The Balaban J connectivity index is 2.01. The van der Waals surface area contributed by atoms with Gasteiger partial charge in [0.25, 0.3) is 5.92 Å². The van der Waals surface area contributed by atoms with Gasteiger partial charge in [-0.05, 0) is 43.7 Å². The van der Waals surface area contributed by atoms with Gasteiger partial charge in [0.1, 0.15) is 17.1 Å². The number of fused-ring (bicyclic) bond motifs is 1. The Bertz CT molecular complexity index is 1020. The third-order valence-electron chi connectivity index (χ3n) is 4.37. The number of aliphatic imine (C=N–C) groups is 1. The van der Waals surface area contributed by atoms with Crippen LogP contribution < -0.4 is 10.1 Å². The Hall–Kier alpha value is -2.96. The predicted octanol–water partition coefficient (Wildman–Crippen LogP) is 5.16. The second-order valence-corrected chi connectivity index (χ2v) is 6.58. The zero-order chi connectivity index (χ0) is 19.8. The van der Waals surface area contributed by atoms with Gasteiger partial charge in [0, 0.05) is 19.5 Å². The highest BCUT2D eigenvalue weighted by atomic mass is 19.3. The molecule has 0 spiro atoms. The van der Waals surface area contributed by atoms with E-state index in [1.165, 1.54) is 25.3 Å². The number of amidine groups is 1. The molecule has 27 heavy (non-hydrogen) atoms. The summed E-state index contributed by atoms with van der Waals surface area (Å²) in [4.78, 5) is 9.07. The van der Waals surface area contributed by atoms with Crippen molar-refractivity contribution < 1.29 is 13.5 Å². The molecule has 0 amide bonds. The van der Waals surface area contributed by atoms with Crippen LogP contribution in [0.3, 0.4) is 0 Å². The number of aromatic nitrogens is 2. The monoisotopic (exact) mass is 372 g/mol. The van der Waals surface area contributed by atoms with Gasteiger partial charge in [0.2, 0.25) is 0 Å². The maximum absolute atomic E-state index is 13.7. The summed E-state index contributed by atoms with van der Waals surface area (Å²) in [6, 6.07) is 8.23. The highest BCUT2D eigenvalue weighted by Crippen LogP contribution is 2.34. The van der Waals surface area contributed by atoms with Gasteiger partial charge >= 0.3 is 0 Å². The summed E-state index contributed by atoms with van der Waals surface area (Å²) >= 11 is 0. The van der Waals surface area contributed by atoms with Crippen molar-refractivity contribution in [3.63, 3.8) is 0 Å². The number of nitrogens with zero attached hydrogens (tertiary/aromatic N) is 3. The fourth-order valence-electron chi connectivity index (χ4n) is 2.90. The van der Waals surface area contributed by atoms with Crippen LogP contribution in [-0.2, 0) is 13.0 Å². The van der Waals surface area contributed by atoms with E-state index in [9.17, 15) is 8.78 Å². The molecular weight excluding hydrogens is 350 g/mol. The smallest absolute Gasteiger partial charge is 0.270 e. The first-order valence-corrected chi connectivity index (χ1v) is 8.50. The maximum atomic E-state index is 13.7. The fourth-order valence-corrected chi connectivity index (χ4v) is 2.90. The van der Waals surface area contributed by atoms with E-state index in [0.29, 0.717) is 17.3 Å². The molecule has 1 N–H and O–H groups in total. The van der Waals surface area contributed by atoms with Gasteiger partial charge in [-0.25, -0.2) is 18.8 Å². The molecule has 142 valence electrons. The molecule has 0 unspecified atom stereocenters. The Labute approximate surface area is 156 Å². The molecule has 0 saturated heterocycles. The van der Waals surface area contributed by atoms with Gasteiger partial charge in [0.05, 0.1) is 30.3 Å². The number of hydrogen-bond donors (Lipinski definition) is 1. The van der Waals surface area contributed by atoms with Crippen molar-refractivity contribution >= 4 is 28.2 Å². The molecule has 7 heteroatoms. The fraction of sp³-hybridized carbons (Fsp3) is 0.300. The third-order valence-corrected chi connectivity index (χ3v) is 4.37. The lowest BCUT2D eigenvalue weighted by Gasteiger charge is -2.16. The summed E-state index contributed by atoms with van der Waals surface area (Å²) in [5, 5.41) is 3.08. The zero-order valence-electron chi connectivity index (χ0n) is 16.0. The first kappa shape index (κ1) is 18.8. The van der Waals surface area contributed by atoms with Crippen LogP contribution in [0.5, 0.6) is 5.75 Å². The van der Waals surface area contributed by atoms with Gasteiger partial charge < -0.3 is 14.6 Å². The second kappa shape index (κ2) is 6.98. The molecule has 0 saturated carbocycles. The van der Waals surface area contributed by atoms with Gasteiger partial charge in [0.15, 0.2) is 0 Å². The number of nitrogens with one attached hydrogen (secondary N) is 1. The number of methoxy groups -OCH3 is 1. The highest BCUT2D eigenvalue weighted by Gasteiger charge is 2.25. The van der Waals surface area contributed by atoms with Crippen molar-refractivity contribution in [2.45, 2.75) is 26.7 Å². The average molecular weight is 372 g/mol. The first-order valence-electron chi connectivity index (χ1n) is 8.50. The molecule has 2 aromatic carbocycles. The van der Waals surface area contributed by atoms with Gasteiger partial charge in [-0.15, -0.1) is 0 Å². The summed E-state index contributed by atoms with van der Waals surface area (Å²) in [5.74, 6) is -1.93. The minimum atomic E-state index is -2.94. The van der Waals surface area contributed by atoms with Crippen molar-refractivity contribution in [1.29, 1.82) is 0 Å². The van der Waals surface area contributed by atoms with E-state index in [-0.39, 0.29) is 5.56 Å². The van der Waals surface area contributed by atoms with Crippen LogP contribution >= 0.6 is 0 Å².